The molecule has 2 aromatic carbocycles. The molecule has 0 saturated heterocycles. The second-order valence-electron chi connectivity index (χ2n) is 6.92. The summed E-state index contributed by atoms with van der Waals surface area (Å²) in [7, 11) is 1.38. The molecule has 0 aliphatic rings. The number of non-ortho nitro benzene ring substituents is 1. The largest absolute Gasteiger partial charge is 0.494 e. The summed E-state index contributed by atoms with van der Waals surface area (Å²) < 4.78 is 6.47. The summed E-state index contributed by atoms with van der Waals surface area (Å²) in [5, 5.41) is 24.4. The molecule has 162 valence electrons. The number of nitrogens with one attached hydrogen (secondary N) is 1. The fraction of sp³-hybridized carbons (Fsp3) is 0.143. The van der Waals surface area contributed by atoms with Gasteiger partial charge in [-0.1, -0.05) is 29.8 Å². The second-order valence-corrected chi connectivity index (χ2v) is 7.76. The van der Waals surface area contributed by atoms with Crippen LogP contribution < -0.4 is 10.3 Å². The summed E-state index contributed by atoms with van der Waals surface area (Å²) >= 11 is 1.33. The highest BCUT2D eigenvalue weighted by Gasteiger charge is 2.16. The average molecular weight is 450 g/mol. The van der Waals surface area contributed by atoms with Gasteiger partial charge in [0.25, 0.3) is 5.69 Å². The molecule has 2 aromatic heterocycles. The molecular weight excluding hydrogens is 432 g/mol. The quantitative estimate of drug-likeness (QED) is 0.244. The Labute approximate surface area is 186 Å². The van der Waals surface area contributed by atoms with Gasteiger partial charge in [0.05, 0.1) is 29.5 Å². The minimum absolute atomic E-state index is 0.109. The van der Waals surface area contributed by atoms with Gasteiger partial charge in [0, 0.05) is 17.0 Å². The fourth-order valence-electron chi connectivity index (χ4n) is 2.98. The van der Waals surface area contributed by atoms with Gasteiger partial charge in [-0.15, -0.1) is 21.6 Å². The van der Waals surface area contributed by atoms with Crippen molar-refractivity contribution in [3.05, 3.63) is 79.6 Å². The highest BCUT2D eigenvalue weighted by Crippen LogP contribution is 2.32. The molecule has 32 heavy (non-hydrogen) atoms. The normalized spacial score (nSPS) is 11.2. The number of methoxy groups -OCH3 is 1. The number of azo groups is 1. The van der Waals surface area contributed by atoms with E-state index in [1.165, 1.54) is 41.3 Å². The van der Waals surface area contributed by atoms with Crippen LogP contribution in [0, 0.1) is 24.0 Å². The van der Waals surface area contributed by atoms with Crippen LogP contribution in [0.3, 0.4) is 0 Å². The summed E-state index contributed by atoms with van der Waals surface area (Å²) in [5.74, 6) is 0.180. The summed E-state index contributed by atoms with van der Waals surface area (Å²) in [6, 6.07) is 11.9. The fourth-order valence-corrected chi connectivity index (χ4v) is 3.77. The number of thiazole rings is 1. The first-order valence-electron chi connectivity index (χ1n) is 9.46. The van der Waals surface area contributed by atoms with Crippen molar-refractivity contribution in [1.82, 2.24) is 14.8 Å². The van der Waals surface area contributed by atoms with Crippen LogP contribution >= 0.6 is 11.3 Å². The van der Waals surface area contributed by atoms with E-state index in [2.05, 4.69) is 20.3 Å². The first-order chi connectivity index (χ1) is 15.4. The van der Waals surface area contributed by atoms with Crippen molar-refractivity contribution in [2.45, 2.75) is 13.8 Å². The van der Waals surface area contributed by atoms with Crippen LogP contribution in [-0.2, 0) is 0 Å². The summed E-state index contributed by atoms with van der Waals surface area (Å²) in [4.78, 5) is 27.9. The van der Waals surface area contributed by atoms with Crippen LogP contribution in [0.5, 0.6) is 5.75 Å². The first kappa shape index (κ1) is 21.1. The Morgan fingerprint density at radius 2 is 1.91 bits per heavy atom. The van der Waals surface area contributed by atoms with Crippen molar-refractivity contribution < 1.29 is 9.66 Å². The standard InChI is InChI=1S/C21H18N6O4S/c1-12-4-6-14(7-5-12)17-11-32-21(22-17)26-20(28)19(13(2)25-26)24-23-16-9-8-15(27(29)30)10-18(16)31-3/h4-11,25H,1-3H3. The molecule has 0 aliphatic carbocycles. The van der Waals surface area contributed by atoms with E-state index in [0.29, 0.717) is 10.8 Å². The number of aromatic amines is 1. The molecule has 0 amide bonds. The maximum absolute atomic E-state index is 12.9. The van der Waals surface area contributed by atoms with Gasteiger partial charge in [-0.05, 0) is 19.9 Å². The predicted molar refractivity (Wildman–Crippen MR) is 121 cm³/mol. The third-order valence-corrected chi connectivity index (χ3v) is 5.53. The van der Waals surface area contributed by atoms with Crippen LogP contribution in [0.2, 0.25) is 0 Å². The topological polar surface area (TPSA) is 128 Å². The van der Waals surface area contributed by atoms with Crippen LogP contribution in [0.4, 0.5) is 17.1 Å². The number of H-pyrrole nitrogens is 1. The minimum atomic E-state index is -0.530. The van der Waals surface area contributed by atoms with Gasteiger partial charge in [0.2, 0.25) is 5.13 Å². The summed E-state index contributed by atoms with van der Waals surface area (Å²) in [6.45, 7) is 3.72. The van der Waals surface area contributed by atoms with Crippen LogP contribution in [0.15, 0.2) is 62.9 Å². The molecule has 0 aliphatic heterocycles. The Morgan fingerprint density at radius 3 is 2.59 bits per heavy atom. The SMILES string of the molecule is COc1cc([N+](=O)[O-])ccc1N=Nc1c(C)[nH]n(-c2nc(-c3ccc(C)cc3)cs2)c1=O. The van der Waals surface area contributed by atoms with Gasteiger partial charge in [-0.3, -0.25) is 20.0 Å². The maximum Gasteiger partial charge on any atom is 0.301 e. The zero-order valence-electron chi connectivity index (χ0n) is 17.4. The molecule has 0 atom stereocenters. The Bertz CT molecular complexity index is 1380. The van der Waals surface area contributed by atoms with Gasteiger partial charge in [0.15, 0.2) is 11.4 Å². The van der Waals surface area contributed by atoms with Crippen molar-refractivity contribution in [2.24, 2.45) is 10.2 Å². The van der Waals surface area contributed by atoms with E-state index in [0.717, 1.165) is 16.8 Å². The van der Waals surface area contributed by atoms with Crippen molar-refractivity contribution in [3.63, 3.8) is 0 Å². The molecule has 2 heterocycles. The van der Waals surface area contributed by atoms with Gasteiger partial charge in [-0.2, -0.15) is 4.68 Å². The number of nitro benzene ring substituents is 1. The Kier molecular flexibility index (Phi) is 5.65. The van der Waals surface area contributed by atoms with Crippen LogP contribution in [-0.4, -0.2) is 26.8 Å². The van der Waals surface area contributed by atoms with Gasteiger partial charge in [-0.25, -0.2) is 4.98 Å². The molecule has 10 nitrogen and oxygen atoms in total. The van der Waals surface area contributed by atoms with E-state index in [1.807, 2.05) is 36.6 Å². The number of benzene rings is 2. The van der Waals surface area contributed by atoms with Crippen molar-refractivity contribution >= 4 is 28.4 Å². The number of aromatic nitrogens is 3. The first-order valence-corrected chi connectivity index (χ1v) is 10.3. The number of aryl methyl sites for hydroxylation is 2. The molecule has 0 bridgehead atoms. The summed E-state index contributed by atoms with van der Waals surface area (Å²) in [5.41, 5.74) is 3.22. The van der Waals surface area contributed by atoms with Crippen molar-refractivity contribution in [3.8, 4) is 22.1 Å². The molecule has 4 rings (SSSR count). The van der Waals surface area contributed by atoms with Gasteiger partial charge >= 0.3 is 5.56 Å². The lowest BCUT2D eigenvalue weighted by atomic mass is 10.1. The van der Waals surface area contributed by atoms with Gasteiger partial charge in [0.1, 0.15) is 5.69 Å². The zero-order valence-corrected chi connectivity index (χ0v) is 18.2. The number of nitro groups is 1. The van der Waals surface area contributed by atoms with Crippen LogP contribution in [0.25, 0.3) is 16.4 Å². The van der Waals surface area contributed by atoms with E-state index < -0.39 is 10.5 Å². The molecule has 0 unspecified atom stereocenters. The predicted octanol–water partition coefficient (Wildman–Crippen LogP) is 5.24. The van der Waals surface area contributed by atoms with E-state index in [9.17, 15) is 14.9 Å². The number of nitrogens with zero attached hydrogens (tertiary/aromatic N) is 5. The van der Waals surface area contributed by atoms with Crippen molar-refractivity contribution in [2.75, 3.05) is 7.11 Å². The number of rotatable bonds is 6. The number of hydrogen-bond donors (Lipinski definition) is 1. The molecule has 0 fully saturated rings. The van der Waals surface area contributed by atoms with E-state index in [4.69, 9.17) is 4.74 Å². The van der Waals surface area contributed by atoms with E-state index in [-0.39, 0.29) is 22.8 Å². The Balaban J connectivity index is 1.65. The molecule has 0 saturated carbocycles. The molecule has 1 N–H and O–H groups in total. The third kappa shape index (κ3) is 4.05. The molecular formula is C21H18N6O4S. The molecule has 0 radical (unpaired) electrons. The average Bonchev–Trinajstić information content (AvgIpc) is 3.37. The Morgan fingerprint density at radius 1 is 1.16 bits per heavy atom. The minimum Gasteiger partial charge on any atom is -0.494 e. The van der Waals surface area contributed by atoms with Gasteiger partial charge < -0.3 is 4.74 Å². The lowest BCUT2D eigenvalue weighted by molar-refractivity contribution is -0.384. The molecule has 0 spiro atoms. The molecule has 4 aromatic rings. The van der Waals surface area contributed by atoms with E-state index >= 15 is 0 Å². The molecule has 11 heteroatoms. The highest BCUT2D eigenvalue weighted by molar-refractivity contribution is 7.12. The lowest BCUT2D eigenvalue weighted by Crippen LogP contribution is -2.13. The smallest absolute Gasteiger partial charge is 0.301 e. The number of hydrogen-bond acceptors (Lipinski definition) is 8. The monoisotopic (exact) mass is 450 g/mol. The number of ether oxygens (including phenoxy) is 1. The van der Waals surface area contributed by atoms with Crippen molar-refractivity contribution in [1.29, 1.82) is 0 Å². The highest BCUT2D eigenvalue weighted by atomic mass is 32.1. The zero-order chi connectivity index (χ0) is 22.8. The Hall–Kier alpha value is -4.12. The lowest BCUT2D eigenvalue weighted by Gasteiger charge is -2.02. The summed E-state index contributed by atoms with van der Waals surface area (Å²) in [6.07, 6.45) is 0. The third-order valence-electron chi connectivity index (χ3n) is 4.70. The maximum atomic E-state index is 12.9. The van der Waals surface area contributed by atoms with Crippen LogP contribution in [0.1, 0.15) is 11.3 Å². The van der Waals surface area contributed by atoms with E-state index in [1.54, 1.807) is 6.92 Å². The second kappa shape index (κ2) is 8.55.